The molecule has 0 spiro atoms. The quantitative estimate of drug-likeness (QED) is 0.113. The van der Waals surface area contributed by atoms with Gasteiger partial charge in [-0.15, -0.1) is 11.3 Å². The summed E-state index contributed by atoms with van der Waals surface area (Å²) in [5.41, 5.74) is -0.873. The third-order valence-corrected chi connectivity index (χ3v) is 13.5. The number of nitrogens with one attached hydrogen (secondary N) is 3. The van der Waals surface area contributed by atoms with Crippen LogP contribution in [0.25, 0.3) is 22.3 Å². The first kappa shape index (κ1) is 46.5. The van der Waals surface area contributed by atoms with Crippen LogP contribution in [-0.4, -0.2) is 131 Å². The van der Waals surface area contributed by atoms with Crippen molar-refractivity contribution in [1.29, 1.82) is 0 Å². The first-order chi connectivity index (χ1) is 29.9. The Labute approximate surface area is 378 Å². The third kappa shape index (κ3) is 11.1. The zero-order valence-corrected chi connectivity index (χ0v) is 38.9. The Hall–Kier alpha value is -4.45. The minimum absolute atomic E-state index is 0.0281. The highest BCUT2D eigenvalue weighted by molar-refractivity contribution is 7.14. The second kappa shape index (κ2) is 19.3. The van der Waals surface area contributed by atoms with Crippen LogP contribution in [0, 0.1) is 17.3 Å². The smallest absolute Gasteiger partial charge is 0.408 e. The molecule has 3 amide bonds. The molecule has 4 heterocycles. The summed E-state index contributed by atoms with van der Waals surface area (Å²) in [6, 6.07) is 3.33. The summed E-state index contributed by atoms with van der Waals surface area (Å²) in [6.07, 6.45) is 1.87. The molecular formula is C45H62ClN7O9S. The maximum atomic E-state index is 14.8. The minimum atomic E-state index is -1.58. The van der Waals surface area contributed by atoms with Crippen LogP contribution in [0.5, 0.6) is 11.5 Å². The van der Waals surface area contributed by atoms with Crippen LogP contribution in [0.3, 0.4) is 0 Å². The van der Waals surface area contributed by atoms with E-state index < -0.39 is 53.0 Å². The van der Waals surface area contributed by atoms with Gasteiger partial charge in [0.2, 0.25) is 11.8 Å². The standard InChI is InChI=1S/C45H62ClN7O9S/c1-8-11-45(7,41(56)57)51-39(54)33-21-29(23-53(33)40(55)38(44(4,5)6)50-43(58)62-28-19-26-18-27(26)20-28)61-35-22-31(32-24-63-42(49-32)47-25(2)3)48-37-30(35)9-10-34(36(37)46)60-17-14-52-12-15-59-16-13-52/h9-10,22,24-29,33,38H,8,11-21,23H2,1-7H3,(H,47,49)(H,50,58)(H,51,54)(H,56,57)/t26-,27+,28+,29-,33+,38-,45-/m1/s1. The van der Waals surface area contributed by atoms with Gasteiger partial charge in [-0.2, -0.15) is 0 Å². The molecule has 2 aliphatic heterocycles. The number of aromatic nitrogens is 2. The Kier molecular flexibility index (Phi) is 14.3. The number of ether oxygens (including phenoxy) is 4. The number of morpholine rings is 1. The largest absolute Gasteiger partial charge is 0.491 e. The predicted octanol–water partition coefficient (Wildman–Crippen LogP) is 6.59. The molecule has 0 bridgehead atoms. The Balaban J connectivity index is 1.19. The van der Waals surface area contributed by atoms with Crippen molar-refractivity contribution < 1.29 is 43.2 Å². The minimum Gasteiger partial charge on any atom is -0.491 e. The van der Waals surface area contributed by atoms with Crippen molar-refractivity contribution in [2.45, 2.75) is 123 Å². The number of aliphatic carboxylic acids is 1. The fourth-order valence-corrected chi connectivity index (χ4v) is 9.98. The topological polar surface area (TPSA) is 194 Å². The number of benzene rings is 1. The molecular weight excluding hydrogens is 850 g/mol. The molecule has 1 aromatic carbocycles. The van der Waals surface area contributed by atoms with E-state index in [1.165, 1.54) is 29.6 Å². The van der Waals surface area contributed by atoms with Gasteiger partial charge in [0.05, 0.1) is 31.0 Å². The summed E-state index contributed by atoms with van der Waals surface area (Å²) in [5.74, 6) is -0.287. The number of fused-ring (bicyclic) bond motifs is 2. The van der Waals surface area contributed by atoms with E-state index in [9.17, 15) is 24.3 Å². The number of thiazole rings is 1. The number of carbonyl (C=O) groups excluding carboxylic acids is 3. The molecule has 3 aromatic rings. The molecule has 18 heteroatoms. The molecule has 344 valence electrons. The number of halogens is 1. The molecule has 0 unspecified atom stereocenters. The lowest BCUT2D eigenvalue weighted by Gasteiger charge is -2.36. The molecule has 4 fully saturated rings. The van der Waals surface area contributed by atoms with Crippen LogP contribution >= 0.6 is 22.9 Å². The monoisotopic (exact) mass is 911 g/mol. The summed E-state index contributed by atoms with van der Waals surface area (Å²) < 4.78 is 24.3. The molecule has 2 aliphatic carbocycles. The number of hydrogen-bond donors (Lipinski definition) is 4. The molecule has 63 heavy (non-hydrogen) atoms. The van der Waals surface area contributed by atoms with Crippen molar-refractivity contribution in [2.75, 3.05) is 51.3 Å². The highest BCUT2D eigenvalue weighted by Crippen LogP contribution is 2.52. The molecule has 2 saturated heterocycles. The number of amides is 3. The average Bonchev–Trinajstić information content (AvgIpc) is 3.53. The summed E-state index contributed by atoms with van der Waals surface area (Å²) in [5, 5.41) is 22.6. The predicted molar refractivity (Wildman–Crippen MR) is 240 cm³/mol. The van der Waals surface area contributed by atoms with Gasteiger partial charge < -0.3 is 44.9 Å². The first-order valence-electron chi connectivity index (χ1n) is 22.2. The average molecular weight is 913 g/mol. The van der Waals surface area contributed by atoms with E-state index in [1.54, 1.807) is 12.1 Å². The van der Waals surface area contributed by atoms with E-state index in [0.29, 0.717) is 83.4 Å². The molecule has 7 rings (SSSR count). The molecule has 7 atom stereocenters. The van der Waals surface area contributed by atoms with E-state index in [1.807, 2.05) is 53.0 Å². The number of likely N-dealkylation sites (tertiary alicyclic amines) is 1. The normalized spacial score (nSPS) is 23.8. The van der Waals surface area contributed by atoms with E-state index >= 15 is 0 Å². The summed E-state index contributed by atoms with van der Waals surface area (Å²) in [7, 11) is 0. The van der Waals surface area contributed by atoms with Gasteiger partial charge in [0.1, 0.15) is 58.7 Å². The first-order valence-corrected chi connectivity index (χ1v) is 23.5. The van der Waals surface area contributed by atoms with Crippen LogP contribution in [0.4, 0.5) is 9.93 Å². The van der Waals surface area contributed by atoms with E-state index in [4.69, 9.17) is 40.5 Å². The molecule has 2 aromatic heterocycles. The number of anilines is 1. The van der Waals surface area contributed by atoms with Crippen molar-refractivity contribution in [3.8, 4) is 22.9 Å². The number of rotatable bonds is 17. The van der Waals surface area contributed by atoms with Gasteiger partial charge in [-0.05, 0) is 75.8 Å². The number of carbonyl (C=O) groups is 4. The Morgan fingerprint density at radius 1 is 1.00 bits per heavy atom. The van der Waals surface area contributed by atoms with Crippen molar-refractivity contribution >= 4 is 62.8 Å². The number of carboxylic acid groups (broad SMARTS) is 1. The third-order valence-electron chi connectivity index (χ3n) is 12.4. The highest BCUT2D eigenvalue weighted by Gasteiger charge is 2.50. The second-order valence-corrected chi connectivity index (χ2v) is 20.2. The second-order valence-electron chi connectivity index (χ2n) is 19.0. The van der Waals surface area contributed by atoms with Crippen LogP contribution in [-0.2, 0) is 23.9 Å². The molecule has 4 aliphatic rings. The maximum Gasteiger partial charge on any atom is 0.408 e. The van der Waals surface area contributed by atoms with Crippen molar-refractivity contribution in [3.63, 3.8) is 0 Å². The number of alkyl carbamates (subject to hydrolysis) is 1. The summed E-state index contributed by atoms with van der Waals surface area (Å²) in [6.45, 7) is 16.9. The Morgan fingerprint density at radius 3 is 2.40 bits per heavy atom. The summed E-state index contributed by atoms with van der Waals surface area (Å²) in [4.78, 5) is 68.4. The number of pyridine rings is 1. The zero-order valence-electron chi connectivity index (χ0n) is 37.3. The van der Waals surface area contributed by atoms with Gasteiger partial charge in [0, 0.05) is 48.9 Å². The van der Waals surface area contributed by atoms with Gasteiger partial charge in [0.15, 0.2) is 5.13 Å². The number of nitrogens with zero attached hydrogens (tertiary/aromatic N) is 4. The van der Waals surface area contributed by atoms with Gasteiger partial charge in [-0.25, -0.2) is 19.6 Å². The summed E-state index contributed by atoms with van der Waals surface area (Å²) >= 11 is 8.54. The lowest BCUT2D eigenvalue weighted by Crippen LogP contribution is -2.60. The fraction of sp³-hybridized carbons (Fsp3) is 0.644. The lowest BCUT2D eigenvalue weighted by atomic mass is 9.85. The van der Waals surface area contributed by atoms with E-state index in [0.717, 1.165) is 31.1 Å². The molecule has 0 radical (unpaired) electrons. The van der Waals surface area contributed by atoms with Crippen molar-refractivity contribution in [3.05, 3.63) is 28.6 Å². The van der Waals surface area contributed by atoms with Crippen LogP contribution in [0.2, 0.25) is 5.02 Å². The molecule has 4 N–H and O–H groups in total. The van der Waals surface area contributed by atoms with E-state index in [2.05, 4.69) is 20.9 Å². The SMILES string of the molecule is CCC[C@@](C)(NC(=O)[C@@H]1C[C@@H](Oc2cc(-c3csc(NC(C)C)n3)nc3c(Cl)c(OCCN4CCOCC4)ccc23)CN1C(=O)[C@@H](NC(=O)O[C@@H]1C[C@@H]2C[C@@H]2C1)C(C)(C)C)C(=O)O. The Morgan fingerprint density at radius 2 is 1.73 bits per heavy atom. The zero-order chi connectivity index (χ0) is 45.2. The van der Waals surface area contributed by atoms with Crippen molar-refractivity contribution in [1.82, 2.24) is 30.4 Å². The highest BCUT2D eigenvalue weighted by atomic mass is 35.5. The Bertz CT molecular complexity index is 2150. The van der Waals surface area contributed by atoms with Crippen LogP contribution < -0.4 is 25.4 Å². The number of hydrogen-bond acceptors (Lipinski definition) is 13. The van der Waals surface area contributed by atoms with Gasteiger partial charge in [-0.1, -0.05) is 45.7 Å². The van der Waals surface area contributed by atoms with E-state index in [-0.39, 0.29) is 31.5 Å². The van der Waals surface area contributed by atoms with Crippen LogP contribution in [0.1, 0.15) is 87.0 Å². The fourth-order valence-electron chi connectivity index (χ4n) is 8.87. The van der Waals surface area contributed by atoms with Crippen molar-refractivity contribution in [2.24, 2.45) is 17.3 Å². The lowest BCUT2D eigenvalue weighted by molar-refractivity contribution is -0.149. The van der Waals surface area contributed by atoms with Gasteiger partial charge in [0.25, 0.3) is 0 Å². The molecule has 16 nitrogen and oxygen atoms in total. The van der Waals surface area contributed by atoms with Gasteiger partial charge >= 0.3 is 12.1 Å². The maximum absolute atomic E-state index is 14.8. The van der Waals surface area contributed by atoms with Crippen LogP contribution in [0.15, 0.2) is 23.6 Å². The molecule has 2 saturated carbocycles. The number of carboxylic acids is 1. The van der Waals surface area contributed by atoms with Gasteiger partial charge in [-0.3, -0.25) is 14.5 Å².